The van der Waals surface area contributed by atoms with Crippen LogP contribution < -0.4 is 10.9 Å². The summed E-state index contributed by atoms with van der Waals surface area (Å²) in [6.07, 6.45) is 4.82. The van der Waals surface area contributed by atoms with E-state index in [9.17, 15) is 9.00 Å². The lowest BCUT2D eigenvalue weighted by Gasteiger charge is -2.12. The van der Waals surface area contributed by atoms with Gasteiger partial charge in [0, 0.05) is 35.4 Å². The summed E-state index contributed by atoms with van der Waals surface area (Å²) in [5.41, 5.74) is 0.258. The number of aromatic nitrogens is 2. The molecular weight excluding hydrogens is 286 g/mol. The summed E-state index contributed by atoms with van der Waals surface area (Å²) in [4.78, 5) is 11.9. The molecule has 5 nitrogen and oxygen atoms in total. The monoisotopic (exact) mass is 305 g/mol. The van der Waals surface area contributed by atoms with E-state index in [0.29, 0.717) is 18.8 Å². The molecule has 2 atom stereocenters. The molecule has 0 aliphatic heterocycles. The van der Waals surface area contributed by atoms with Crippen LogP contribution in [0.25, 0.3) is 0 Å². The maximum Gasteiger partial charge on any atom is 0.287 e. The smallest absolute Gasteiger partial charge is 0.287 e. The molecule has 0 aliphatic rings. The van der Waals surface area contributed by atoms with Crippen LogP contribution in [0.5, 0.6) is 0 Å². The topological polar surface area (TPSA) is 64.0 Å². The van der Waals surface area contributed by atoms with Crippen molar-refractivity contribution in [3.8, 4) is 0 Å². The van der Waals surface area contributed by atoms with E-state index in [-0.39, 0.29) is 15.8 Å². The Bertz CT molecular complexity index is 504. The first-order valence-electron chi connectivity index (χ1n) is 6.29. The van der Waals surface area contributed by atoms with E-state index in [1.165, 1.54) is 4.68 Å². The van der Waals surface area contributed by atoms with Crippen LogP contribution in [0, 0.1) is 0 Å². The van der Waals surface area contributed by atoms with Crippen LogP contribution in [0.1, 0.15) is 26.7 Å². The minimum Gasteiger partial charge on any atom is -0.382 e. The first-order chi connectivity index (χ1) is 8.97. The van der Waals surface area contributed by atoms with Gasteiger partial charge in [-0.15, -0.1) is 0 Å². The second kappa shape index (κ2) is 7.65. The summed E-state index contributed by atoms with van der Waals surface area (Å²) >= 11 is 6.02. The fraction of sp³-hybridized carbons (Fsp3) is 0.667. The van der Waals surface area contributed by atoms with E-state index in [1.807, 2.05) is 13.8 Å². The van der Waals surface area contributed by atoms with Gasteiger partial charge in [-0.1, -0.05) is 25.4 Å². The third kappa shape index (κ3) is 4.62. The Kier molecular flexibility index (Phi) is 6.51. The van der Waals surface area contributed by atoms with Gasteiger partial charge in [0.05, 0.1) is 11.9 Å². The summed E-state index contributed by atoms with van der Waals surface area (Å²) in [7, 11) is -0.839. The van der Waals surface area contributed by atoms with Crippen molar-refractivity contribution in [2.24, 2.45) is 0 Å². The molecule has 0 fully saturated rings. The lowest BCUT2D eigenvalue weighted by molar-refractivity contribution is 0.568. The van der Waals surface area contributed by atoms with Crippen LogP contribution in [-0.4, -0.2) is 32.0 Å². The van der Waals surface area contributed by atoms with E-state index in [1.54, 1.807) is 12.5 Å². The maximum atomic E-state index is 11.9. The second-order valence-corrected chi connectivity index (χ2v) is 6.61. The molecule has 1 heterocycles. The Labute approximate surface area is 120 Å². The highest BCUT2D eigenvalue weighted by atomic mass is 35.5. The lowest BCUT2D eigenvalue weighted by atomic mass is 10.3. The highest BCUT2D eigenvalue weighted by Gasteiger charge is 2.10. The number of halogens is 1. The number of hydrogen-bond donors (Lipinski definition) is 1. The predicted octanol–water partition coefficient (Wildman–Crippen LogP) is 1.88. The zero-order valence-electron chi connectivity index (χ0n) is 11.5. The molecule has 0 spiro atoms. The number of hydrogen-bond acceptors (Lipinski definition) is 4. The lowest BCUT2D eigenvalue weighted by Crippen LogP contribution is -2.24. The molecule has 1 rings (SSSR count). The van der Waals surface area contributed by atoms with Crippen molar-refractivity contribution in [3.63, 3.8) is 0 Å². The Balaban J connectivity index is 2.68. The van der Waals surface area contributed by atoms with Crippen molar-refractivity contribution in [3.05, 3.63) is 21.6 Å². The first-order valence-corrected chi connectivity index (χ1v) is 8.29. The van der Waals surface area contributed by atoms with Crippen molar-refractivity contribution >= 4 is 28.1 Å². The summed E-state index contributed by atoms with van der Waals surface area (Å²) in [5, 5.41) is 7.40. The molecule has 1 aromatic heterocycles. The minimum atomic E-state index is -0.839. The van der Waals surface area contributed by atoms with Gasteiger partial charge in [0.2, 0.25) is 0 Å². The number of aryl methyl sites for hydroxylation is 1. The summed E-state index contributed by atoms with van der Waals surface area (Å²) in [6, 6.07) is 0. The Morgan fingerprint density at radius 2 is 2.26 bits per heavy atom. The number of rotatable bonds is 7. The van der Waals surface area contributed by atoms with Gasteiger partial charge in [0.15, 0.2) is 0 Å². The molecule has 0 bridgehead atoms. The van der Waals surface area contributed by atoms with Crippen LogP contribution >= 0.6 is 11.6 Å². The predicted molar refractivity (Wildman–Crippen MR) is 80.4 cm³/mol. The molecule has 2 unspecified atom stereocenters. The highest BCUT2D eigenvalue weighted by Crippen LogP contribution is 2.15. The molecule has 108 valence electrons. The third-order valence-corrected chi connectivity index (χ3v) is 4.59. The number of anilines is 1. The quantitative estimate of drug-likeness (QED) is 0.835. The van der Waals surface area contributed by atoms with E-state index < -0.39 is 10.8 Å². The van der Waals surface area contributed by atoms with Crippen molar-refractivity contribution in [2.75, 3.05) is 18.1 Å². The molecule has 0 amide bonds. The summed E-state index contributed by atoms with van der Waals surface area (Å²) in [5.74, 6) is 0. The Morgan fingerprint density at radius 1 is 1.58 bits per heavy atom. The fourth-order valence-corrected chi connectivity index (χ4v) is 2.20. The molecule has 1 N–H and O–H groups in total. The van der Waals surface area contributed by atoms with E-state index in [2.05, 4.69) is 10.4 Å². The Hall–Kier alpha value is -0.880. The molecule has 0 aromatic carbocycles. The van der Waals surface area contributed by atoms with Crippen LogP contribution in [-0.2, 0) is 17.3 Å². The van der Waals surface area contributed by atoms with Crippen molar-refractivity contribution in [1.29, 1.82) is 0 Å². The molecule has 7 heteroatoms. The molecule has 1 aromatic rings. The normalized spacial score (nSPS) is 14.1. The average Bonchev–Trinajstić information content (AvgIpc) is 2.37. The van der Waals surface area contributed by atoms with Gasteiger partial charge >= 0.3 is 0 Å². The molecule has 19 heavy (non-hydrogen) atoms. The summed E-state index contributed by atoms with van der Waals surface area (Å²) < 4.78 is 12.6. The van der Waals surface area contributed by atoms with Gasteiger partial charge in [-0.2, -0.15) is 5.10 Å². The van der Waals surface area contributed by atoms with Crippen molar-refractivity contribution in [1.82, 2.24) is 9.78 Å². The van der Waals surface area contributed by atoms with Crippen molar-refractivity contribution < 1.29 is 4.21 Å². The Morgan fingerprint density at radius 3 is 2.84 bits per heavy atom. The van der Waals surface area contributed by atoms with Crippen LogP contribution in [0.2, 0.25) is 5.02 Å². The molecular formula is C12H20ClN3O2S. The van der Waals surface area contributed by atoms with Gasteiger partial charge in [0.25, 0.3) is 5.56 Å². The first kappa shape index (κ1) is 16.2. The van der Waals surface area contributed by atoms with Crippen LogP contribution in [0.4, 0.5) is 5.69 Å². The van der Waals surface area contributed by atoms with Gasteiger partial charge < -0.3 is 5.32 Å². The number of nitrogens with one attached hydrogen (secondary N) is 1. The fourth-order valence-electron chi connectivity index (χ4n) is 1.54. The highest BCUT2D eigenvalue weighted by molar-refractivity contribution is 7.84. The van der Waals surface area contributed by atoms with Gasteiger partial charge in [-0.25, -0.2) is 4.68 Å². The van der Waals surface area contributed by atoms with Gasteiger partial charge in [0.1, 0.15) is 5.02 Å². The SMILES string of the molecule is CCCn1ncc(NCCC(C)S(C)=O)c(Cl)c1=O. The number of nitrogens with zero attached hydrogens (tertiary/aromatic N) is 2. The van der Waals surface area contributed by atoms with Crippen LogP contribution in [0.3, 0.4) is 0 Å². The van der Waals surface area contributed by atoms with Crippen molar-refractivity contribution in [2.45, 2.75) is 38.5 Å². The minimum absolute atomic E-state index is 0.111. The molecule has 0 saturated carbocycles. The van der Waals surface area contributed by atoms with Crippen LogP contribution in [0.15, 0.2) is 11.0 Å². The molecule has 0 saturated heterocycles. The zero-order chi connectivity index (χ0) is 14.4. The molecule has 0 radical (unpaired) electrons. The van der Waals surface area contributed by atoms with E-state index in [0.717, 1.165) is 12.8 Å². The zero-order valence-corrected chi connectivity index (χ0v) is 13.1. The maximum absolute atomic E-state index is 11.9. The van der Waals surface area contributed by atoms with E-state index in [4.69, 9.17) is 11.6 Å². The molecule has 0 aliphatic carbocycles. The van der Waals surface area contributed by atoms with Gasteiger partial charge in [-0.05, 0) is 12.8 Å². The average molecular weight is 306 g/mol. The van der Waals surface area contributed by atoms with E-state index >= 15 is 0 Å². The summed E-state index contributed by atoms with van der Waals surface area (Å²) in [6.45, 7) is 5.07. The largest absolute Gasteiger partial charge is 0.382 e. The third-order valence-electron chi connectivity index (χ3n) is 2.85. The van der Waals surface area contributed by atoms with Gasteiger partial charge in [-0.3, -0.25) is 9.00 Å². The second-order valence-electron chi connectivity index (χ2n) is 4.43. The standard InChI is InChI=1S/C12H20ClN3O2S/c1-4-7-16-12(17)11(13)10(8-15-16)14-6-5-9(2)19(3)18/h8-9,14H,4-7H2,1-3H3.